The van der Waals surface area contributed by atoms with E-state index >= 15 is 0 Å². The summed E-state index contributed by atoms with van der Waals surface area (Å²) in [6, 6.07) is 4.57. The molecule has 0 spiro atoms. The third-order valence-corrected chi connectivity index (χ3v) is 5.05. The van der Waals surface area contributed by atoms with Crippen LogP contribution in [0, 0.1) is 23.0 Å². The maximum absolute atomic E-state index is 13.6. The number of halogens is 2. The SMILES string of the molecule is CCC(C)(C)C1CCC(Nc2cccc(F)c2F)CC1. The lowest BCUT2D eigenvalue weighted by Gasteiger charge is -2.39. The van der Waals surface area contributed by atoms with Gasteiger partial charge >= 0.3 is 0 Å². The molecule has 0 saturated heterocycles. The highest BCUT2D eigenvalue weighted by atomic mass is 19.2. The highest BCUT2D eigenvalue weighted by Gasteiger charge is 2.31. The molecule has 1 aliphatic rings. The molecule has 1 aromatic rings. The Morgan fingerprint density at radius 1 is 1.15 bits per heavy atom. The van der Waals surface area contributed by atoms with Gasteiger partial charge in [0.25, 0.3) is 0 Å². The van der Waals surface area contributed by atoms with Crippen molar-refractivity contribution in [1.82, 2.24) is 0 Å². The van der Waals surface area contributed by atoms with Crippen molar-refractivity contribution in [2.45, 2.75) is 58.9 Å². The Morgan fingerprint density at radius 2 is 1.80 bits per heavy atom. The topological polar surface area (TPSA) is 12.0 Å². The first-order valence-electron chi connectivity index (χ1n) is 7.64. The van der Waals surface area contributed by atoms with E-state index in [1.807, 2.05) is 0 Å². The molecule has 0 aromatic heterocycles. The fraction of sp³-hybridized carbons (Fsp3) is 0.647. The molecule has 1 aromatic carbocycles. The zero-order valence-corrected chi connectivity index (χ0v) is 12.7. The zero-order chi connectivity index (χ0) is 14.8. The minimum atomic E-state index is -0.782. The van der Waals surface area contributed by atoms with Crippen molar-refractivity contribution in [3.8, 4) is 0 Å². The second-order valence-electron chi connectivity index (χ2n) is 6.64. The lowest BCUT2D eigenvalue weighted by atomic mass is 9.69. The lowest BCUT2D eigenvalue weighted by Crippen LogP contribution is -2.33. The Hall–Kier alpha value is -1.12. The number of benzene rings is 1. The molecule has 0 heterocycles. The summed E-state index contributed by atoms with van der Waals surface area (Å²) in [7, 11) is 0. The van der Waals surface area contributed by atoms with E-state index < -0.39 is 11.6 Å². The first-order chi connectivity index (χ1) is 9.44. The van der Waals surface area contributed by atoms with E-state index in [2.05, 4.69) is 26.1 Å². The van der Waals surface area contributed by atoms with Gasteiger partial charge in [-0.25, -0.2) is 8.78 Å². The van der Waals surface area contributed by atoms with Gasteiger partial charge in [-0.3, -0.25) is 0 Å². The Morgan fingerprint density at radius 3 is 2.40 bits per heavy atom. The highest BCUT2D eigenvalue weighted by molar-refractivity contribution is 5.45. The summed E-state index contributed by atoms with van der Waals surface area (Å²) in [4.78, 5) is 0. The minimum absolute atomic E-state index is 0.259. The van der Waals surface area contributed by atoms with Crippen LogP contribution in [-0.2, 0) is 0 Å². The molecule has 1 nitrogen and oxygen atoms in total. The molecule has 20 heavy (non-hydrogen) atoms. The number of nitrogens with one attached hydrogen (secondary N) is 1. The second-order valence-corrected chi connectivity index (χ2v) is 6.64. The van der Waals surface area contributed by atoms with Crippen molar-refractivity contribution in [2.75, 3.05) is 5.32 Å². The first kappa shape index (κ1) is 15.3. The molecule has 1 N–H and O–H groups in total. The maximum atomic E-state index is 13.6. The van der Waals surface area contributed by atoms with E-state index in [9.17, 15) is 8.78 Å². The standard InChI is InChI=1S/C17H25F2N/c1-4-17(2,3)12-8-10-13(11-9-12)20-15-7-5-6-14(18)16(15)19/h5-7,12-13,20H,4,8-11H2,1-3H3. The molecule has 1 aliphatic carbocycles. The molecule has 0 radical (unpaired) electrons. The fourth-order valence-corrected chi connectivity index (χ4v) is 3.14. The Labute approximate surface area is 120 Å². The molecule has 3 heteroatoms. The molecule has 0 atom stereocenters. The zero-order valence-electron chi connectivity index (χ0n) is 12.7. The van der Waals surface area contributed by atoms with Crippen molar-refractivity contribution in [2.24, 2.45) is 11.3 Å². The normalized spacial score (nSPS) is 23.6. The van der Waals surface area contributed by atoms with Crippen LogP contribution < -0.4 is 5.32 Å². The molecular weight excluding hydrogens is 256 g/mol. The Balaban J connectivity index is 1.93. The monoisotopic (exact) mass is 281 g/mol. The summed E-state index contributed by atoms with van der Waals surface area (Å²) < 4.78 is 26.8. The van der Waals surface area contributed by atoms with Gasteiger partial charge in [-0.1, -0.05) is 33.3 Å². The van der Waals surface area contributed by atoms with Gasteiger partial charge in [0.2, 0.25) is 0 Å². The van der Waals surface area contributed by atoms with Crippen LogP contribution in [0.3, 0.4) is 0 Å². The summed E-state index contributed by atoms with van der Waals surface area (Å²) in [6.45, 7) is 6.90. The predicted octanol–water partition coefficient (Wildman–Crippen LogP) is 5.37. The third-order valence-electron chi connectivity index (χ3n) is 5.05. The second kappa shape index (κ2) is 6.11. The third kappa shape index (κ3) is 3.31. The molecule has 112 valence electrons. The van der Waals surface area contributed by atoms with Gasteiger partial charge in [0.15, 0.2) is 11.6 Å². The van der Waals surface area contributed by atoms with E-state index in [1.54, 1.807) is 12.1 Å². The summed E-state index contributed by atoms with van der Waals surface area (Å²) in [5, 5.41) is 3.16. The van der Waals surface area contributed by atoms with Gasteiger partial charge < -0.3 is 5.32 Å². The summed E-state index contributed by atoms with van der Waals surface area (Å²) >= 11 is 0. The predicted molar refractivity (Wildman–Crippen MR) is 79.8 cm³/mol. The van der Waals surface area contributed by atoms with Crippen molar-refractivity contribution < 1.29 is 8.78 Å². The fourth-order valence-electron chi connectivity index (χ4n) is 3.14. The molecule has 0 aliphatic heterocycles. The van der Waals surface area contributed by atoms with Crippen LogP contribution in [0.5, 0.6) is 0 Å². The van der Waals surface area contributed by atoms with Crippen LogP contribution in [0.25, 0.3) is 0 Å². The smallest absolute Gasteiger partial charge is 0.181 e. The maximum Gasteiger partial charge on any atom is 0.181 e. The van der Waals surface area contributed by atoms with Crippen LogP contribution in [0.15, 0.2) is 18.2 Å². The molecule has 1 fully saturated rings. The quantitative estimate of drug-likeness (QED) is 0.782. The number of anilines is 1. The van der Waals surface area contributed by atoms with Gasteiger partial charge in [-0.2, -0.15) is 0 Å². The number of rotatable bonds is 4. The summed E-state index contributed by atoms with van der Waals surface area (Å²) in [5.41, 5.74) is 0.679. The van der Waals surface area contributed by atoms with Gasteiger partial charge in [0, 0.05) is 6.04 Å². The number of hydrogen-bond donors (Lipinski definition) is 1. The molecule has 0 amide bonds. The van der Waals surface area contributed by atoms with Crippen molar-refractivity contribution >= 4 is 5.69 Å². The molecule has 0 bridgehead atoms. The lowest BCUT2D eigenvalue weighted by molar-refractivity contribution is 0.147. The van der Waals surface area contributed by atoms with Crippen LogP contribution in [0.4, 0.5) is 14.5 Å². The van der Waals surface area contributed by atoms with Crippen LogP contribution in [-0.4, -0.2) is 6.04 Å². The molecule has 1 saturated carbocycles. The van der Waals surface area contributed by atoms with Crippen LogP contribution in [0.1, 0.15) is 52.9 Å². The van der Waals surface area contributed by atoms with Gasteiger partial charge in [-0.15, -0.1) is 0 Å². The van der Waals surface area contributed by atoms with Gasteiger partial charge in [0.05, 0.1) is 5.69 Å². The average Bonchev–Trinajstić information content (AvgIpc) is 2.44. The van der Waals surface area contributed by atoms with Crippen molar-refractivity contribution in [3.63, 3.8) is 0 Å². The van der Waals surface area contributed by atoms with E-state index in [0.717, 1.165) is 37.7 Å². The summed E-state index contributed by atoms with van der Waals surface area (Å²) in [6.07, 6.45) is 5.58. The van der Waals surface area contributed by atoms with Gasteiger partial charge in [-0.05, 0) is 49.1 Å². The van der Waals surface area contributed by atoms with Gasteiger partial charge in [0.1, 0.15) is 0 Å². The minimum Gasteiger partial charge on any atom is -0.380 e. The van der Waals surface area contributed by atoms with E-state index in [0.29, 0.717) is 11.1 Å². The molecular formula is C17H25F2N. The average molecular weight is 281 g/mol. The number of hydrogen-bond acceptors (Lipinski definition) is 1. The van der Waals surface area contributed by atoms with E-state index in [4.69, 9.17) is 0 Å². The van der Waals surface area contributed by atoms with Crippen molar-refractivity contribution in [1.29, 1.82) is 0 Å². The highest BCUT2D eigenvalue weighted by Crippen LogP contribution is 2.41. The molecule has 2 rings (SSSR count). The Bertz CT molecular complexity index is 448. The van der Waals surface area contributed by atoms with Crippen LogP contribution >= 0.6 is 0 Å². The Kier molecular flexibility index (Phi) is 4.66. The van der Waals surface area contributed by atoms with E-state index in [1.165, 1.54) is 6.42 Å². The summed E-state index contributed by atoms with van der Waals surface area (Å²) in [5.74, 6) is -0.803. The van der Waals surface area contributed by atoms with E-state index in [-0.39, 0.29) is 6.04 Å². The van der Waals surface area contributed by atoms with Crippen LogP contribution in [0.2, 0.25) is 0 Å². The first-order valence-corrected chi connectivity index (χ1v) is 7.64. The van der Waals surface area contributed by atoms with Crippen molar-refractivity contribution in [3.05, 3.63) is 29.8 Å². The largest absolute Gasteiger partial charge is 0.380 e. The molecule has 0 unspecified atom stereocenters.